The maximum atomic E-state index is 9.36. The Hall–Kier alpha value is -3.82. The fourth-order valence-corrected chi connectivity index (χ4v) is 6.50. The van der Waals surface area contributed by atoms with Crippen LogP contribution < -0.4 is 10.5 Å². The van der Waals surface area contributed by atoms with Crippen LogP contribution in [0.1, 0.15) is 41.0 Å². The molecule has 0 saturated heterocycles. The lowest BCUT2D eigenvalue weighted by Crippen LogP contribution is -2.41. The summed E-state index contributed by atoms with van der Waals surface area (Å²) in [5.74, 6) is 1.38. The van der Waals surface area contributed by atoms with Crippen molar-refractivity contribution in [3.8, 4) is 22.9 Å². The first-order valence-electron chi connectivity index (χ1n) is 11.8. The van der Waals surface area contributed by atoms with Crippen LogP contribution in [0, 0.1) is 17.2 Å². The number of guanidine groups is 1. The molecular formula is C28H24N4O2. The van der Waals surface area contributed by atoms with E-state index in [4.69, 9.17) is 20.3 Å². The molecule has 4 atom stereocenters. The van der Waals surface area contributed by atoms with Gasteiger partial charge in [-0.15, -0.1) is 0 Å². The maximum absolute atomic E-state index is 9.36. The summed E-state index contributed by atoms with van der Waals surface area (Å²) in [6.07, 6.45) is 3.07. The number of nitrogens with zero attached hydrogens (tertiary/aromatic N) is 3. The summed E-state index contributed by atoms with van der Waals surface area (Å²) in [5.41, 5.74) is 11.2. The van der Waals surface area contributed by atoms with Gasteiger partial charge in [-0.2, -0.15) is 5.26 Å². The Labute approximate surface area is 198 Å². The van der Waals surface area contributed by atoms with Gasteiger partial charge in [0.15, 0.2) is 0 Å². The molecule has 3 aromatic rings. The first kappa shape index (κ1) is 19.6. The lowest BCUT2D eigenvalue weighted by molar-refractivity contribution is -0.197. The molecule has 0 radical (unpaired) electrons. The monoisotopic (exact) mass is 448 g/mol. The highest BCUT2D eigenvalue weighted by Crippen LogP contribution is 2.74. The number of fused-ring (bicyclic) bond motifs is 6. The molecule has 1 saturated carbocycles. The van der Waals surface area contributed by atoms with Crippen molar-refractivity contribution in [2.24, 2.45) is 16.6 Å². The molecule has 34 heavy (non-hydrogen) atoms. The van der Waals surface area contributed by atoms with E-state index < -0.39 is 5.72 Å². The van der Waals surface area contributed by atoms with E-state index in [1.165, 1.54) is 11.1 Å². The third kappa shape index (κ3) is 2.45. The molecule has 2 heterocycles. The molecule has 2 N–H and O–H groups in total. The Bertz CT molecular complexity index is 1430. The number of hydroxylamine groups is 2. The van der Waals surface area contributed by atoms with Crippen LogP contribution in [0.4, 0.5) is 0 Å². The van der Waals surface area contributed by atoms with Crippen molar-refractivity contribution in [2.75, 3.05) is 7.05 Å². The Morgan fingerprint density at radius 3 is 2.76 bits per heavy atom. The molecule has 2 aliphatic heterocycles. The van der Waals surface area contributed by atoms with E-state index >= 15 is 0 Å². The Morgan fingerprint density at radius 1 is 1.09 bits per heavy atom. The smallest absolute Gasteiger partial charge is 0.225 e. The standard InChI is InChI=1S/C28H24N4O2/c1-32-26(30)31-28(34-32)22-15-20(19-8-4-6-17(14-19)16-29)11-12-23(22)33-27-13-5-9-18-7-2-3-10-21(18)24(27)25(27)28/h2-4,6-8,10-12,14-15,24-25H,5,9,13H2,1H3,(H2,30,31). The summed E-state index contributed by atoms with van der Waals surface area (Å²) < 4.78 is 6.87. The van der Waals surface area contributed by atoms with Crippen LogP contribution in [-0.2, 0) is 17.0 Å². The molecular weight excluding hydrogens is 424 g/mol. The molecule has 6 heteroatoms. The molecule has 0 bridgehead atoms. The predicted molar refractivity (Wildman–Crippen MR) is 128 cm³/mol. The van der Waals surface area contributed by atoms with Gasteiger partial charge in [-0.25, -0.2) is 14.9 Å². The molecule has 4 unspecified atom stereocenters. The van der Waals surface area contributed by atoms with Gasteiger partial charge >= 0.3 is 0 Å². The van der Waals surface area contributed by atoms with E-state index in [-0.39, 0.29) is 17.4 Å². The zero-order chi connectivity index (χ0) is 23.1. The molecule has 7 rings (SSSR count). The minimum atomic E-state index is -0.940. The summed E-state index contributed by atoms with van der Waals surface area (Å²) >= 11 is 0. The maximum Gasteiger partial charge on any atom is 0.225 e. The van der Waals surface area contributed by atoms with Crippen LogP contribution in [0.25, 0.3) is 11.1 Å². The average molecular weight is 449 g/mol. The quantitative estimate of drug-likeness (QED) is 0.595. The summed E-state index contributed by atoms with van der Waals surface area (Å²) in [6.45, 7) is 0. The van der Waals surface area contributed by atoms with Crippen LogP contribution in [-0.4, -0.2) is 23.7 Å². The van der Waals surface area contributed by atoms with E-state index in [9.17, 15) is 5.26 Å². The highest BCUT2D eigenvalue weighted by atomic mass is 16.7. The van der Waals surface area contributed by atoms with Crippen LogP contribution in [0.5, 0.6) is 5.75 Å². The van der Waals surface area contributed by atoms with Crippen molar-refractivity contribution in [3.63, 3.8) is 0 Å². The third-order valence-electron chi connectivity index (χ3n) is 7.97. The van der Waals surface area contributed by atoms with Crippen LogP contribution >= 0.6 is 0 Å². The van der Waals surface area contributed by atoms with Gasteiger partial charge < -0.3 is 10.5 Å². The topological polar surface area (TPSA) is 83.9 Å². The fourth-order valence-electron chi connectivity index (χ4n) is 6.50. The largest absolute Gasteiger partial charge is 0.486 e. The normalized spacial score (nSPS) is 30.1. The summed E-state index contributed by atoms with van der Waals surface area (Å²) in [6, 6.07) is 24.7. The average Bonchev–Trinajstić information content (AvgIpc) is 3.46. The number of nitrogens with two attached hydrogens (primary N) is 1. The van der Waals surface area contributed by atoms with Crippen LogP contribution in [0.15, 0.2) is 71.7 Å². The number of aliphatic imine (C=N–C) groups is 1. The van der Waals surface area contributed by atoms with Crippen LogP contribution in [0.3, 0.4) is 0 Å². The van der Waals surface area contributed by atoms with Crippen LogP contribution in [0.2, 0.25) is 0 Å². The Morgan fingerprint density at radius 2 is 1.94 bits per heavy atom. The minimum absolute atomic E-state index is 0.0261. The second-order valence-corrected chi connectivity index (χ2v) is 9.72. The third-order valence-corrected chi connectivity index (χ3v) is 7.97. The van der Waals surface area contributed by atoms with Crippen molar-refractivity contribution < 1.29 is 9.57 Å². The lowest BCUT2D eigenvalue weighted by Gasteiger charge is -2.36. The number of ether oxygens (including phenoxy) is 1. The van der Waals surface area contributed by atoms with Gasteiger partial charge in [0.1, 0.15) is 11.4 Å². The zero-order valence-electron chi connectivity index (χ0n) is 18.9. The molecule has 0 amide bonds. The van der Waals surface area contributed by atoms with Crippen molar-refractivity contribution >= 4 is 5.96 Å². The van der Waals surface area contributed by atoms with E-state index in [0.717, 1.165) is 41.7 Å². The van der Waals surface area contributed by atoms with Gasteiger partial charge in [0.25, 0.3) is 0 Å². The van der Waals surface area contributed by atoms with Gasteiger partial charge in [0.05, 0.1) is 23.1 Å². The second-order valence-electron chi connectivity index (χ2n) is 9.72. The van der Waals surface area contributed by atoms with E-state index in [1.54, 1.807) is 5.06 Å². The minimum Gasteiger partial charge on any atom is -0.486 e. The number of nitriles is 1. The summed E-state index contributed by atoms with van der Waals surface area (Å²) in [7, 11) is 1.81. The number of aryl methyl sites for hydroxylation is 1. The zero-order valence-corrected chi connectivity index (χ0v) is 18.9. The van der Waals surface area contributed by atoms with Gasteiger partial charge in [-0.3, -0.25) is 0 Å². The van der Waals surface area contributed by atoms with Crippen molar-refractivity contribution in [2.45, 2.75) is 36.5 Å². The van der Waals surface area contributed by atoms with Gasteiger partial charge in [-0.05, 0) is 65.8 Å². The molecule has 3 aromatic carbocycles. The number of hydrogen-bond donors (Lipinski definition) is 1. The second kappa shape index (κ2) is 6.62. The first-order valence-corrected chi connectivity index (χ1v) is 11.8. The molecule has 1 fully saturated rings. The van der Waals surface area contributed by atoms with Crippen molar-refractivity contribution in [1.29, 1.82) is 5.26 Å². The van der Waals surface area contributed by atoms with E-state index in [0.29, 0.717) is 11.5 Å². The number of hydrogen-bond acceptors (Lipinski definition) is 6. The summed E-state index contributed by atoms with van der Waals surface area (Å²) in [4.78, 5) is 11.5. The molecule has 4 aliphatic rings. The number of rotatable bonds is 1. The SMILES string of the molecule is CN1OC2(N=C1N)c1cc(-c3cccc(C#N)c3)ccc1OC13CCCc4ccccc4C1C23. The molecule has 168 valence electrons. The predicted octanol–water partition coefficient (Wildman–Crippen LogP) is 4.45. The highest BCUT2D eigenvalue weighted by Gasteiger charge is 2.80. The molecule has 0 aromatic heterocycles. The van der Waals surface area contributed by atoms with Crippen molar-refractivity contribution in [3.05, 3.63) is 89.0 Å². The lowest BCUT2D eigenvalue weighted by atomic mass is 9.87. The highest BCUT2D eigenvalue weighted by molar-refractivity contribution is 5.80. The van der Waals surface area contributed by atoms with Gasteiger partial charge in [0, 0.05) is 13.0 Å². The van der Waals surface area contributed by atoms with Crippen molar-refractivity contribution in [1.82, 2.24) is 5.06 Å². The Kier molecular flexibility index (Phi) is 3.82. The molecule has 2 spiro atoms. The van der Waals surface area contributed by atoms with Gasteiger partial charge in [-0.1, -0.05) is 42.5 Å². The fraction of sp³-hybridized carbons (Fsp3) is 0.286. The number of benzene rings is 3. The van der Waals surface area contributed by atoms with Gasteiger partial charge in [0.2, 0.25) is 11.7 Å². The molecule has 2 aliphatic carbocycles. The Balaban J connectivity index is 1.42. The first-order chi connectivity index (χ1) is 16.6. The molecule has 6 nitrogen and oxygen atoms in total. The summed E-state index contributed by atoms with van der Waals surface area (Å²) in [5, 5.41) is 10.9. The van der Waals surface area contributed by atoms with E-state index in [2.05, 4.69) is 36.4 Å². The van der Waals surface area contributed by atoms with E-state index in [1.807, 2.05) is 43.4 Å².